The van der Waals surface area contributed by atoms with Crippen LogP contribution >= 0.6 is 0 Å². The molecule has 0 saturated heterocycles. The highest BCUT2D eigenvalue weighted by atomic mass is 16.7. The molecule has 0 radical (unpaired) electrons. The molecule has 0 aliphatic heterocycles. The van der Waals surface area contributed by atoms with Gasteiger partial charge in [0.05, 0.1) is 34.4 Å². The number of unbranched alkanes of at least 4 members (excludes halogenated alkanes) is 41. The van der Waals surface area contributed by atoms with Crippen LogP contribution in [0.5, 0.6) is 0 Å². The zero-order valence-corrected chi connectivity index (χ0v) is 59.1. The maximum absolute atomic E-state index is 13.0. The molecule has 0 aliphatic rings. The van der Waals surface area contributed by atoms with E-state index in [1.807, 2.05) is 21.1 Å². The zero-order chi connectivity index (χ0) is 64.7. The van der Waals surface area contributed by atoms with Gasteiger partial charge in [0, 0.05) is 12.8 Å². The molecule has 0 spiro atoms. The number of hydrogen-bond donors (Lipinski definition) is 1. The fourth-order valence-corrected chi connectivity index (χ4v) is 10.9. The average Bonchev–Trinajstić information content (AvgIpc) is 3.64. The van der Waals surface area contributed by atoms with Crippen LogP contribution in [0.1, 0.15) is 348 Å². The highest BCUT2D eigenvalue weighted by molar-refractivity contribution is 5.71. The zero-order valence-electron chi connectivity index (χ0n) is 59.1. The molecule has 516 valence electrons. The SMILES string of the molecule is CC/C=C\C/C=C\C/C=C\C/C=C\C/C=C\C/C=C\C/C=C\CCCCCCCCCCCC(=O)OC(COC(=O)CCCCCCCCCCCCCCCCCCCCCCCCCCCCCCCCCCC)COC(OCC[N+](C)(C)C)C(=O)O. The number of carboxylic acid groups (broad SMARTS) is 1. The lowest BCUT2D eigenvalue weighted by Crippen LogP contribution is -2.40. The van der Waals surface area contributed by atoms with E-state index in [1.54, 1.807) is 0 Å². The summed E-state index contributed by atoms with van der Waals surface area (Å²) in [4.78, 5) is 37.7. The van der Waals surface area contributed by atoms with Crippen LogP contribution in [0.4, 0.5) is 0 Å². The summed E-state index contributed by atoms with van der Waals surface area (Å²) < 4.78 is 23.0. The second kappa shape index (κ2) is 70.3. The van der Waals surface area contributed by atoms with Crippen molar-refractivity contribution in [2.45, 2.75) is 360 Å². The number of allylic oxidation sites excluding steroid dienone is 14. The van der Waals surface area contributed by atoms with Gasteiger partial charge in [-0.2, -0.15) is 0 Å². The van der Waals surface area contributed by atoms with E-state index in [4.69, 9.17) is 18.9 Å². The lowest BCUT2D eigenvalue weighted by molar-refractivity contribution is -0.870. The first-order valence-corrected chi connectivity index (χ1v) is 37.8. The van der Waals surface area contributed by atoms with E-state index in [2.05, 4.69) is 98.9 Å². The molecule has 0 amide bonds. The van der Waals surface area contributed by atoms with Crippen molar-refractivity contribution in [2.24, 2.45) is 0 Å². The third-order valence-corrected chi connectivity index (χ3v) is 16.7. The van der Waals surface area contributed by atoms with Gasteiger partial charge in [0.25, 0.3) is 6.29 Å². The smallest absolute Gasteiger partial charge is 0.361 e. The van der Waals surface area contributed by atoms with Gasteiger partial charge in [-0.1, -0.05) is 349 Å². The van der Waals surface area contributed by atoms with Crippen LogP contribution in [0.3, 0.4) is 0 Å². The summed E-state index contributed by atoms with van der Waals surface area (Å²) in [5.41, 5.74) is 0. The second-order valence-electron chi connectivity index (χ2n) is 26.6. The van der Waals surface area contributed by atoms with Crippen LogP contribution in [-0.4, -0.2) is 87.4 Å². The number of hydrogen-bond acceptors (Lipinski definition) is 7. The molecule has 0 heterocycles. The van der Waals surface area contributed by atoms with Gasteiger partial charge in [0.1, 0.15) is 13.2 Å². The minimum absolute atomic E-state index is 0.184. The van der Waals surface area contributed by atoms with E-state index in [1.165, 1.54) is 225 Å². The number of nitrogens with zero attached hydrogens (tertiary/aromatic N) is 1. The number of ether oxygens (including phenoxy) is 4. The number of rotatable bonds is 70. The molecule has 0 aromatic rings. The number of carboxylic acids is 1. The molecule has 89 heavy (non-hydrogen) atoms. The molecular weight excluding hydrogens is 1100 g/mol. The van der Waals surface area contributed by atoms with Crippen LogP contribution in [0.2, 0.25) is 0 Å². The number of esters is 2. The third kappa shape index (κ3) is 71.8. The van der Waals surface area contributed by atoms with Crippen molar-refractivity contribution in [1.29, 1.82) is 0 Å². The molecular formula is C80H144NO8+. The maximum Gasteiger partial charge on any atom is 0.361 e. The summed E-state index contributed by atoms with van der Waals surface area (Å²) in [5.74, 6) is -2.00. The number of likely N-dealkylation sites (N-methyl/N-ethyl adjacent to an activating group) is 1. The lowest BCUT2D eigenvalue weighted by Gasteiger charge is -2.25. The van der Waals surface area contributed by atoms with E-state index in [-0.39, 0.29) is 32.2 Å². The van der Waals surface area contributed by atoms with Crippen molar-refractivity contribution in [2.75, 3.05) is 47.5 Å². The molecule has 0 fully saturated rings. The van der Waals surface area contributed by atoms with Gasteiger partial charge in [-0.15, -0.1) is 0 Å². The molecule has 9 heteroatoms. The van der Waals surface area contributed by atoms with Crippen molar-refractivity contribution in [3.05, 3.63) is 85.1 Å². The van der Waals surface area contributed by atoms with Crippen molar-refractivity contribution >= 4 is 17.9 Å². The van der Waals surface area contributed by atoms with Crippen LogP contribution in [-0.2, 0) is 33.3 Å². The molecule has 2 atom stereocenters. The molecule has 0 aromatic carbocycles. The Hall–Kier alpha value is -3.53. The Morgan fingerprint density at radius 2 is 0.640 bits per heavy atom. The van der Waals surface area contributed by atoms with Crippen molar-refractivity contribution in [1.82, 2.24) is 0 Å². The molecule has 0 aliphatic carbocycles. The summed E-state index contributed by atoms with van der Waals surface area (Å²) in [7, 11) is 5.98. The lowest BCUT2D eigenvalue weighted by atomic mass is 10.0. The minimum Gasteiger partial charge on any atom is -0.477 e. The van der Waals surface area contributed by atoms with Gasteiger partial charge in [-0.05, 0) is 70.6 Å². The number of quaternary nitrogens is 1. The average molecular weight is 1250 g/mol. The summed E-state index contributed by atoms with van der Waals surface area (Å²) in [6.07, 6.45) is 92.9. The molecule has 1 N–H and O–H groups in total. The number of carbonyl (C=O) groups is 3. The van der Waals surface area contributed by atoms with Crippen molar-refractivity contribution in [3.8, 4) is 0 Å². The Kier molecular flexibility index (Phi) is 67.6. The topological polar surface area (TPSA) is 108 Å². The van der Waals surface area contributed by atoms with Crippen molar-refractivity contribution < 1.29 is 42.9 Å². The molecule has 0 aromatic heterocycles. The van der Waals surface area contributed by atoms with Crippen LogP contribution < -0.4 is 0 Å². The van der Waals surface area contributed by atoms with Gasteiger partial charge in [0.15, 0.2) is 6.10 Å². The molecule has 9 nitrogen and oxygen atoms in total. The van der Waals surface area contributed by atoms with E-state index >= 15 is 0 Å². The van der Waals surface area contributed by atoms with Gasteiger partial charge in [-0.25, -0.2) is 4.79 Å². The largest absolute Gasteiger partial charge is 0.477 e. The Morgan fingerprint density at radius 1 is 0.348 bits per heavy atom. The minimum atomic E-state index is -1.52. The van der Waals surface area contributed by atoms with Gasteiger partial charge in [-0.3, -0.25) is 9.59 Å². The molecule has 2 unspecified atom stereocenters. The standard InChI is InChI=1S/C80H143NO8/c1-6-8-10-12-14-16-18-20-22-24-26-28-30-32-34-36-38-39-41-42-44-46-48-50-52-54-56-58-60-62-64-66-68-70-77(82)87-74-76(75-88-80(79(84)85)86-73-72-81(3,4)5)89-78(83)71-69-67-65-63-61-59-57-55-53-51-49-47-45-43-40-37-35-33-31-29-27-25-23-21-19-17-15-13-11-9-7-2/h9,11,15,17,21,23,27,29,33,35,40,43,47,49,76,80H,6-8,10,12-14,16,18-20,22,24-26,28,30-32,34,36-39,41-42,44-46,48,50-75H2,1-5H3/p+1/b11-9-,17-15-,23-21-,29-27-,35-33-,43-40-,49-47-. The summed E-state index contributed by atoms with van der Waals surface area (Å²) in [5, 5.41) is 9.76. The van der Waals surface area contributed by atoms with Crippen molar-refractivity contribution in [3.63, 3.8) is 0 Å². The Bertz CT molecular complexity index is 1740. The highest BCUT2D eigenvalue weighted by Crippen LogP contribution is 2.19. The van der Waals surface area contributed by atoms with Gasteiger partial charge in [0.2, 0.25) is 0 Å². The fourth-order valence-electron chi connectivity index (χ4n) is 10.9. The second-order valence-corrected chi connectivity index (χ2v) is 26.6. The summed E-state index contributed by atoms with van der Waals surface area (Å²) >= 11 is 0. The van der Waals surface area contributed by atoms with Gasteiger partial charge < -0.3 is 28.5 Å². The van der Waals surface area contributed by atoms with Crippen LogP contribution in [0.15, 0.2) is 85.1 Å². The van der Waals surface area contributed by atoms with Crippen LogP contribution in [0.25, 0.3) is 0 Å². The maximum atomic E-state index is 13.0. The molecule has 0 saturated carbocycles. The van der Waals surface area contributed by atoms with Crippen LogP contribution in [0, 0.1) is 0 Å². The number of aliphatic carboxylic acids is 1. The summed E-state index contributed by atoms with van der Waals surface area (Å²) in [6.45, 7) is 4.80. The monoisotopic (exact) mass is 1250 g/mol. The predicted molar refractivity (Wildman–Crippen MR) is 382 cm³/mol. The predicted octanol–water partition coefficient (Wildman–Crippen LogP) is 23.8. The summed E-state index contributed by atoms with van der Waals surface area (Å²) in [6, 6.07) is 0. The first-order chi connectivity index (χ1) is 43.6. The van der Waals surface area contributed by atoms with E-state index in [0.717, 1.165) is 89.9 Å². The first-order valence-electron chi connectivity index (χ1n) is 37.8. The first kappa shape index (κ1) is 85.5. The quantitative estimate of drug-likeness (QED) is 0.0211. The molecule has 0 bridgehead atoms. The Balaban J connectivity index is 4.07. The highest BCUT2D eigenvalue weighted by Gasteiger charge is 2.25. The van der Waals surface area contributed by atoms with E-state index in [9.17, 15) is 19.5 Å². The third-order valence-electron chi connectivity index (χ3n) is 16.7. The normalized spacial score (nSPS) is 13.1. The van der Waals surface area contributed by atoms with Gasteiger partial charge >= 0.3 is 17.9 Å². The Morgan fingerprint density at radius 3 is 0.955 bits per heavy atom. The Labute approximate surface area is 550 Å². The molecule has 0 rings (SSSR count). The van der Waals surface area contributed by atoms with E-state index < -0.39 is 24.3 Å². The van der Waals surface area contributed by atoms with E-state index in [0.29, 0.717) is 23.9 Å². The number of carbonyl (C=O) groups excluding carboxylic acids is 2. The fraction of sp³-hybridized carbons (Fsp3) is 0.787.